The first kappa shape index (κ1) is 14.0. The number of carboxylic acid groups (broad SMARTS) is 1. The van der Waals surface area contributed by atoms with Crippen LogP contribution in [0.5, 0.6) is 0 Å². The highest BCUT2D eigenvalue weighted by Gasteiger charge is 2.37. The van der Waals surface area contributed by atoms with Gasteiger partial charge in [-0.25, -0.2) is 0 Å². The lowest BCUT2D eigenvalue weighted by Crippen LogP contribution is -2.47. The highest BCUT2D eigenvalue weighted by atomic mass is 16.4. The predicted octanol–water partition coefficient (Wildman–Crippen LogP) is 2.33. The maximum Gasteiger partial charge on any atom is 0.305 e. The molecule has 4 nitrogen and oxygen atoms in total. The van der Waals surface area contributed by atoms with Crippen molar-refractivity contribution in [2.45, 2.75) is 64.3 Å². The third-order valence-corrected chi connectivity index (χ3v) is 3.40. The van der Waals surface area contributed by atoms with Crippen molar-refractivity contribution in [1.82, 2.24) is 5.32 Å². The van der Waals surface area contributed by atoms with Crippen molar-refractivity contribution in [3.63, 3.8) is 0 Å². The monoisotopic (exact) mass is 241 g/mol. The Morgan fingerprint density at radius 1 is 1.29 bits per heavy atom. The minimum Gasteiger partial charge on any atom is -0.481 e. The summed E-state index contributed by atoms with van der Waals surface area (Å²) in [7, 11) is 0. The van der Waals surface area contributed by atoms with Crippen LogP contribution in [0.25, 0.3) is 0 Å². The first-order valence-electron chi connectivity index (χ1n) is 6.46. The third kappa shape index (κ3) is 4.75. The number of carbonyl (C=O) groups is 2. The van der Waals surface area contributed by atoms with Crippen LogP contribution in [0.15, 0.2) is 0 Å². The molecule has 1 fully saturated rings. The molecule has 0 spiro atoms. The van der Waals surface area contributed by atoms with Gasteiger partial charge in [-0.3, -0.25) is 9.59 Å². The smallest absolute Gasteiger partial charge is 0.305 e. The Balaban J connectivity index is 2.49. The van der Waals surface area contributed by atoms with Gasteiger partial charge in [0, 0.05) is 6.42 Å². The first-order chi connectivity index (χ1) is 7.93. The van der Waals surface area contributed by atoms with E-state index in [1.54, 1.807) is 0 Å². The molecule has 4 heteroatoms. The van der Waals surface area contributed by atoms with Gasteiger partial charge < -0.3 is 10.4 Å². The van der Waals surface area contributed by atoms with E-state index in [-0.39, 0.29) is 12.3 Å². The average Bonchev–Trinajstić information content (AvgIpc) is 2.62. The number of hydrogen-bond acceptors (Lipinski definition) is 2. The molecule has 1 aliphatic rings. The van der Waals surface area contributed by atoms with Crippen LogP contribution in [0, 0.1) is 5.92 Å². The second-order valence-electron chi connectivity index (χ2n) is 5.54. The molecule has 1 saturated carbocycles. The molecule has 0 aliphatic heterocycles. The van der Waals surface area contributed by atoms with Gasteiger partial charge in [-0.2, -0.15) is 0 Å². The maximum atomic E-state index is 11.8. The van der Waals surface area contributed by atoms with Crippen LogP contribution < -0.4 is 5.32 Å². The Morgan fingerprint density at radius 3 is 2.35 bits per heavy atom. The van der Waals surface area contributed by atoms with Crippen molar-refractivity contribution < 1.29 is 14.7 Å². The van der Waals surface area contributed by atoms with Gasteiger partial charge >= 0.3 is 5.97 Å². The van der Waals surface area contributed by atoms with Crippen LogP contribution in [0.3, 0.4) is 0 Å². The van der Waals surface area contributed by atoms with Gasteiger partial charge in [-0.1, -0.05) is 26.7 Å². The molecule has 0 aromatic rings. The molecule has 0 unspecified atom stereocenters. The van der Waals surface area contributed by atoms with Crippen molar-refractivity contribution >= 4 is 11.9 Å². The van der Waals surface area contributed by atoms with E-state index in [9.17, 15) is 9.59 Å². The van der Waals surface area contributed by atoms with Crippen molar-refractivity contribution in [3.8, 4) is 0 Å². The van der Waals surface area contributed by atoms with E-state index >= 15 is 0 Å². The van der Waals surface area contributed by atoms with Gasteiger partial charge in [-0.15, -0.1) is 0 Å². The molecular weight excluding hydrogens is 218 g/mol. The van der Waals surface area contributed by atoms with E-state index in [1.165, 1.54) is 0 Å². The fourth-order valence-electron chi connectivity index (χ4n) is 2.47. The van der Waals surface area contributed by atoms with Crippen LogP contribution >= 0.6 is 0 Å². The number of carboxylic acids is 1. The van der Waals surface area contributed by atoms with E-state index < -0.39 is 11.5 Å². The van der Waals surface area contributed by atoms with E-state index in [1.807, 2.05) is 0 Å². The lowest BCUT2D eigenvalue weighted by atomic mass is 9.92. The predicted molar refractivity (Wildman–Crippen MR) is 65.7 cm³/mol. The highest BCUT2D eigenvalue weighted by molar-refractivity contribution is 5.78. The maximum absolute atomic E-state index is 11.8. The summed E-state index contributed by atoms with van der Waals surface area (Å²) in [6, 6.07) is 0. The molecule has 0 aromatic heterocycles. The number of hydrogen-bond donors (Lipinski definition) is 2. The number of nitrogens with one attached hydrogen (secondary N) is 1. The minimum atomic E-state index is -0.823. The zero-order chi connectivity index (χ0) is 12.9. The summed E-state index contributed by atoms with van der Waals surface area (Å²) >= 11 is 0. The van der Waals surface area contributed by atoms with Gasteiger partial charge in [0.2, 0.25) is 5.91 Å². The molecule has 0 saturated heterocycles. The fraction of sp³-hybridized carbons (Fsp3) is 0.846. The Hall–Kier alpha value is -1.06. The van der Waals surface area contributed by atoms with Crippen molar-refractivity contribution in [2.75, 3.05) is 0 Å². The summed E-state index contributed by atoms with van der Waals surface area (Å²) in [6.07, 6.45) is 5.03. The Morgan fingerprint density at radius 2 is 1.88 bits per heavy atom. The standard InChI is InChI=1S/C13H23NO3/c1-10(2)5-6-11(15)14-13(9-12(16)17)7-3-4-8-13/h10H,3-9H2,1-2H3,(H,14,15)(H,16,17). The van der Waals surface area contributed by atoms with Crippen LogP contribution in [-0.2, 0) is 9.59 Å². The number of amides is 1. The normalized spacial score (nSPS) is 18.3. The number of carbonyl (C=O) groups excluding carboxylic acids is 1. The summed E-state index contributed by atoms with van der Waals surface area (Å²) in [5.41, 5.74) is -0.472. The quantitative estimate of drug-likeness (QED) is 0.750. The fourth-order valence-corrected chi connectivity index (χ4v) is 2.47. The number of aliphatic carboxylic acids is 1. The number of rotatable bonds is 6. The second kappa shape index (κ2) is 6.03. The molecule has 0 aromatic carbocycles. The second-order valence-corrected chi connectivity index (χ2v) is 5.54. The molecule has 1 rings (SSSR count). The Kier molecular flexibility index (Phi) is 4.97. The molecule has 17 heavy (non-hydrogen) atoms. The molecule has 2 N–H and O–H groups in total. The molecule has 0 heterocycles. The van der Waals surface area contributed by atoms with Crippen LogP contribution in [-0.4, -0.2) is 22.5 Å². The van der Waals surface area contributed by atoms with E-state index in [4.69, 9.17) is 5.11 Å². The largest absolute Gasteiger partial charge is 0.481 e. The van der Waals surface area contributed by atoms with Gasteiger partial charge in [-0.05, 0) is 25.2 Å². The molecule has 1 aliphatic carbocycles. The van der Waals surface area contributed by atoms with Gasteiger partial charge in [0.1, 0.15) is 0 Å². The Labute approximate surface area is 103 Å². The minimum absolute atomic E-state index is 0.00171. The summed E-state index contributed by atoms with van der Waals surface area (Å²) < 4.78 is 0. The molecule has 0 bridgehead atoms. The molecule has 1 amide bonds. The lowest BCUT2D eigenvalue weighted by molar-refractivity contribution is -0.139. The van der Waals surface area contributed by atoms with Crippen molar-refractivity contribution in [3.05, 3.63) is 0 Å². The SMILES string of the molecule is CC(C)CCC(=O)NC1(CC(=O)O)CCCC1. The summed E-state index contributed by atoms with van der Waals surface area (Å²) in [5.74, 6) is -0.322. The average molecular weight is 241 g/mol. The highest BCUT2D eigenvalue weighted by Crippen LogP contribution is 2.32. The first-order valence-corrected chi connectivity index (χ1v) is 6.46. The molecule has 98 valence electrons. The molecular formula is C13H23NO3. The zero-order valence-corrected chi connectivity index (χ0v) is 10.8. The lowest BCUT2D eigenvalue weighted by Gasteiger charge is -2.28. The topological polar surface area (TPSA) is 66.4 Å². The van der Waals surface area contributed by atoms with E-state index in [0.29, 0.717) is 12.3 Å². The van der Waals surface area contributed by atoms with Gasteiger partial charge in [0.15, 0.2) is 0 Å². The van der Waals surface area contributed by atoms with E-state index in [0.717, 1.165) is 32.1 Å². The van der Waals surface area contributed by atoms with Crippen molar-refractivity contribution in [1.29, 1.82) is 0 Å². The van der Waals surface area contributed by atoms with Gasteiger partial charge in [0.05, 0.1) is 12.0 Å². The molecule has 0 atom stereocenters. The van der Waals surface area contributed by atoms with Crippen LogP contribution in [0.1, 0.15) is 58.8 Å². The van der Waals surface area contributed by atoms with Crippen molar-refractivity contribution in [2.24, 2.45) is 5.92 Å². The summed E-state index contributed by atoms with van der Waals surface area (Å²) in [4.78, 5) is 22.6. The van der Waals surface area contributed by atoms with Crippen LogP contribution in [0.4, 0.5) is 0 Å². The molecule has 0 radical (unpaired) electrons. The summed E-state index contributed by atoms with van der Waals surface area (Å²) in [6.45, 7) is 4.16. The van der Waals surface area contributed by atoms with Crippen LogP contribution in [0.2, 0.25) is 0 Å². The third-order valence-electron chi connectivity index (χ3n) is 3.40. The Bertz CT molecular complexity index is 280. The summed E-state index contributed by atoms with van der Waals surface area (Å²) in [5, 5.41) is 11.9. The van der Waals surface area contributed by atoms with Gasteiger partial charge in [0.25, 0.3) is 0 Å². The van der Waals surface area contributed by atoms with E-state index in [2.05, 4.69) is 19.2 Å². The zero-order valence-electron chi connectivity index (χ0n) is 10.8.